The Bertz CT molecular complexity index is 553. The van der Waals surface area contributed by atoms with Gasteiger partial charge in [0, 0.05) is 12.6 Å². The molecule has 2 aromatic rings. The van der Waals surface area contributed by atoms with E-state index in [9.17, 15) is 0 Å². The lowest BCUT2D eigenvalue weighted by atomic mass is 10.0. The van der Waals surface area contributed by atoms with Crippen LogP contribution < -0.4 is 5.73 Å². The molecule has 120 valence electrons. The molecule has 0 bridgehead atoms. The zero-order chi connectivity index (χ0) is 15.9. The number of aromatic nitrogens is 2. The molecule has 0 aliphatic rings. The summed E-state index contributed by atoms with van der Waals surface area (Å²) >= 11 is 0. The summed E-state index contributed by atoms with van der Waals surface area (Å²) in [6, 6.07) is 10.9. The zero-order valence-electron chi connectivity index (χ0n) is 13.7. The molecule has 0 aliphatic carbocycles. The maximum atomic E-state index is 5.54. The van der Waals surface area contributed by atoms with Crippen LogP contribution >= 0.6 is 0 Å². The largest absolute Gasteiger partial charge is 0.338 e. The Hall–Kier alpha value is -1.72. The summed E-state index contributed by atoms with van der Waals surface area (Å²) in [5.74, 6) is 1.77. The van der Waals surface area contributed by atoms with Crippen LogP contribution in [0.5, 0.6) is 0 Å². The molecule has 0 spiro atoms. The lowest BCUT2D eigenvalue weighted by Crippen LogP contribution is -2.32. The summed E-state index contributed by atoms with van der Waals surface area (Å²) in [6.45, 7) is 8.62. The van der Waals surface area contributed by atoms with E-state index in [-0.39, 0.29) is 6.54 Å². The molecule has 2 N–H and O–H groups in total. The van der Waals surface area contributed by atoms with Gasteiger partial charge in [0.05, 0.1) is 13.1 Å². The first-order chi connectivity index (χ1) is 10.6. The summed E-state index contributed by atoms with van der Waals surface area (Å²) < 4.78 is 5.13. The van der Waals surface area contributed by atoms with Crippen molar-refractivity contribution in [3.05, 3.63) is 47.6 Å². The van der Waals surface area contributed by atoms with Crippen molar-refractivity contribution in [3.8, 4) is 0 Å². The average molecular weight is 302 g/mol. The molecule has 1 atom stereocenters. The van der Waals surface area contributed by atoms with Crippen LogP contribution in [0.1, 0.15) is 50.5 Å². The van der Waals surface area contributed by atoms with E-state index in [0.29, 0.717) is 30.2 Å². The number of hydrogen-bond donors (Lipinski definition) is 1. The summed E-state index contributed by atoms with van der Waals surface area (Å²) in [4.78, 5) is 6.76. The Morgan fingerprint density at radius 3 is 2.50 bits per heavy atom. The van der Waals surface area contributed by atoms with Crippen LogP contribution in [0.15, 0.2) is 34.9 Å². The third kappa shape index (κ3) is 4.39. The van der Waals surface area contributed by atoms with Gasteiger partial charge in [0.15, 0.2) is 5.82 Å². The molecule has 5 heteroatoms. The lowest BCUT2D eigenvalue weighted by molar-refractivity contribution is 0.156. The van der Waals surface area contributed by atoms with Gasteiger partial charge in [-0.2, -0.15) is 4.98 Å². The monoisotopic (exact) mass is 302 g/mol. The van der Waals surface area contributed by atoms with Crippen LogP contribution in [0.3, 0.4) is 0 Å². The molecule has 0 amide bonds. The molecular formula is C17H26N4O. The van der Waals surface area contributed by atoms with Crippen molar-refractivity contribution in [3.63, 3.8) is 0 Å². The van der Waals surface area contributed by atoms with Crippen LogP contribution in [0, 0.1) is 5.92 Å². The Morgan fingerprint density at radius 2 is 1.95 bits per heavy atom. The van der Waals surface area contributed by atoms with Crippen LogP contribution in [-0.4, -0.2) is 21.6 Å². The molecule has 1 aromatic heterocycles. The van der Waals surface area contributed by atoms with Crippen molar-refractivity contribution in [2.45, 2.75) is 46.3 Å². The van der Waals surface area contributed by atoms with E-state index in [1.54, 1.807) is 0 Å². The summed E-state index contributed by atoms with van der Waals surface area (Å²) in [5.41, 5.74) is 6.87. The predicted octanol–water partition coefficient (Wildman–Crippen LogP) is 3.14. The molecule has 0 saturated heterocycles. The minimum atomic E-state index is 0.285. The summed E-state index contributed by atoms with van der Waals surface area (Å²) in [7, 11) is 0. The van der Waals surface area contributed by atoms with Gasteiger partial charge in [0.2, 0.25) is 5.89 Å². The standard InChI is InChI=1S/C17H26N4O/c1-4-15(14-8-6-5-7-9-14)21(11-13(2)3)12-16-19-17(10-18)22-20-16/h5-9,13,15H,4,10-12,18H2,1-3H3. The molecule has 5 nitrogen and oxygen atoms in total. The summed E-state index contributed by atoms with van der Waals surface area (Å²) in [5, 5.41) is 4.04. The van der Waals surface area contributed by atoms with Gasteiger partial charge in [0.1, 0.15) is 0 Å². The second-order valence-corrected chi connectivity index (χ2v) is 5.97. The van der Waals surface area contributed by atoms with E-state index in [4.69, 9.17) is 10.3 Å². The maximum absolute atomic E-state index is 5.54. The fourth-order valence-electron chi connectivity index (χ4n) is 2.77. The number of rotatable bonds is 8. The van der Waals surface area contributed by atoms with Crippen LogP contribution in [0.4, 0.5) is 0 Å². The normalized spacial score (nSPS) is 13.0. The van der Waals surface area contributed by atoms with E-state index in [0.717, 1.165) is 13.0 Å². The highest BCUT2D eigenvalue weighted by Crippen LogP contribution is 2.26. The fraction of sp³-hybridized carbons (Fsp3) is 0.529. The highest BCUT2D eigenvalue weighted by molar-refractivity contribution is 5.19. The quantitative estimate of drug-likeness (QED) is 0.811. The van der Waals surface area contributed by atoms with Gasteiger partial charge in [-0.15, -0.1) is 0 Å². The minimum absolute atomic E-state index is 0.285. The number of hydrogen-bond acceptors (Lipinski definition) is 5. The Labute approximate surface area is 132 Å². The molecule has 0 aliphatic heterocycles. The van der Waals surface area contributed by atoms with Gasteiger partial charge < -0.3 is 10.3 Å². The predicted molar refractivity (Wildman–Crippen MR) is 86.9 cm³/mol. The first kappa shape index (κ1) is 16.6. The van der Waals surface area contributed by atoms with E-state index >= 15 is 0 Å². The molecule has 2 rings (SSSR count). The molecule has 0 saturated carbocycles. The minimum Gasteiger partial charge on any atom is -0.338 e. The highest BCUT2D eigenvalue weighted by atomic mass is 16.5. The number of benzene rings is 1. The van der Waals surface area contributed by atoms with Crippen molar-refractivity contribution in [1.29, 1.82) is 0 Å². The third-order valence-electron chi connectivity index (χ3n) is 3.64. The van der Waals surface area contributed by atoms with Crippen molar-refractivity contribution >= 4 is 0 Å². The molecule has 0 fully saturated rings. The van der Waals surface area contributed by atoms with Gasteiger partial charge in [0.25, 0.3) is 0 Å². The van der Waals surface area contributed by atoms with Gasteiger partial charge >= 0.3 is 0 Å². The second-order valence-electron chi connectivity index (χ2n) is 5.97. The van der Waals surface area contributed by atoms with E-state index in [1.165, 1.54) is 5.56 Å². The van der Waals surface area contributed by atoms with Crippen molar-refractivity contribution in [1.82, 2.24) is 15.0 Å². The van der Waals surface area contributed by atoms with E-state index in [2.05, 4.69) is 66.1 Å². The van der Waals surface area contributed by atoms with E-state index in [1.807, 2.05) is 0 Å². The Kier molecular flexibility index (Phi) is 6.10. The topological polar surface area (TPSA) is 68.2 Å². The summed E-state index contributed by atoms with van der Waals surface area (Å²) in [6.07, 6.45) is 1.04. The first-order valence-electron chi connectivity index (χ1n) is 7.94. The maximum Gasteiger partial charge on any atom is 0.240 e. The number of nitrogens with zero attached hydrogens (tertiary/aromatic N) is 3. The molecular weight excluding hydrogens is 276 g/mol. The van der Waals surface area contributed by atoms with Crippen molar-refractivity contribution in [2.75, 3.05) is 6.54 Å². The first-order valence-corrected chi connectivity index (χ1v) is 7.94. The SMILES string of the molecule is CCC(c1ccccc1)N(Cc1noc(CN)n1)CC(C)C. The highest BCUT2D eigenvalue weighted by Gasteiger charge is 2.21. The van der Waals surface area contributed by atoms with Crippen LogP contribution in [-0.2, 0) is 13.1 Å². The smallest absolute Gasteiger partial charge is 0.240 e. The molecule has 1 aromatic carbocycles. The lowest BCUT2D eigenvalue weighted by Gasteiger charge is -2.31. The molecule has 1 heterocycles. The molecule has 1 unspecified atom stereocenters. The van der Waals surface area contributed by atoms with Gasteiger partial charge in [-0.1, -0.05) is 56.3 Å². The fourth-order valence-corrected chi connectivity index (χ4v) is 2.77. The average Bonchev–Trinajstić information content (AvgIpc) is 2.96. The van der Waals surface area contributed by atoms with Gasteiger partial charge in [-0.3, -0.25) is 4.90 Å². The number of nitrogens with two attached hydrogens (primary N) is 1. The van der Waals surface area contributed by atoms with Crippen molar-refractivity contribution in [2.24, 2.45) is 11.7 Å². The zero-order valence-corrected chi connectivity index (χ0v) is 13.7. The molecule has 0 radical (unpaired) electrons. The third-order valence-corrected chi connectivity index (χ3v) is 3.64. The van der Waals surface area contributed by atoms with Crippen LogP contribution in [0.2, 0.25) is 0 Å². The Morgan fingerprint density at radius 1 is 1.23 bits per heavy atom. The second kappa shape index (κ2) is 8.06. The molecule has 22 heavy (non-hydrogen) atoms. The van der Waals surface area contributed by atoms with Gasteiger partial charge in [-0.05, 0) is 17.9 Å². The van der Waals surface area contributed by atoms with E-state index < -0.39 is 0 Å². The van der Waals surface area contributed by atoms with Gasteiger partial charge in [-0.25, -0.2) is 0 Å². The van der Waals surface area contributed by atoms with Crippen LogP contribution in [0.25, 0.3) is 0 Å². The Balaban J connectivity index is 2.20. The van der Waals surface area contributed by atoms with Crippen molar-refractivity contribution < 1.29 is 4.52 Å².